The van der Waals surface area contributed by atoms with Gasteiger partial charge in [-0.3, -0.25) is 9.59 Å². The molecule has 4 heteroatoms. The average Bonchev–Trinajstić information content (AvgIpc) is 2.28. The number of carbonyl (C=O) groups is 2. The predicted octanol–water partition coefficient (Wildman–Crippen LogP) is 1.10. The van der Waals surface area contributed by atoms with E-state index >= 15 is 0 Å². The van der Waals surface area contributed by atoms with E-state index in [1.165, 1.54) is 24.3 Å². The monoisotopic (exact) mass is 216 g/mol. The van der Waals surface area contributed by atoms with Crippen LogP contribution >= 0.6 is 0 Å². The Labute approximate surface area is 93.2 Å². The van der Waals surface area contributed by atoms with Crippen LogP contribution < -0.4 is 11.5 Å². The Kier molecular flexibility index (Phi) is 4.03. The molecule has 0 heterocycles. The number of nitrogens with two attached hydrogens (primary N) is 2. The molecule has 0 aliphatic heterocycles. The van der Waals surface area contributed by atoms with Crippen molar-refractivity contribution >= 4 is 22.9 Å². The summed E-state index contributed by atoms with van der Waals surface area (Å²) < 4.78 is 0. The highest BCUT2D eigenvalue weighted by Gasteiger charge is 1.97. The summed E-state index contributed by atoms with van der Waals surface area (Å²) in [4.78, 5) is 20.6. The van der Waals surface area contributed by atoms with E-state index in [2.05, 4.69) is 0 Å². The Bertz CT molecular complexity index is 386. The molecule has 4 N–H and O–H groups in total. The Morgan fingerprint density at radius 1 is 0.625 bits per heavy atom. The minimum Gasteiger partial charge on any atom is -0.399 e. The minimum atomic E-state index is -0.121. The third kappa shape index (κ3) is 4.23. The van der Waals surface area contributed by atoms with Crippen molar-refractivity contribution in [1.82, 2.24) is 0 Å². The van der Waals surface area contributed by atoms with Gasteiger partial charge in [-0.15, -0.1) is 0 Å². The molecule has 0 spiro atoms. The first-order valence-corrected chi connectivity index (χ1v) is 4.63. The molecule has 0 unspecified atom stereocenters. The molecule has 0 atom stereocenters. The van der Waals surface area contributed by atoms with Gasteiger partial charge in [-0.05, 0) is 48.6 Å². The van der Waals surface area contributed by atoms with Crippen molar-refractivity contribution < 1.29 is 9.59 Å². The van der Waals surface area contributed by atoms with Crippen molar-refractivity contribution in [2.75, 3.05) is 11.5 Å². The zero-order chi connectivity index (χ0) is 12.0. The second-order valence-electron chi connectivity index (χ2n) is 3.14. The van der Waals surface area contributed by atoms with Gasteiger partial charge in [0.2, 0.25) is 0 Å². The molecule has 16 heavy (non-hydrogen) atoms. The van der Waals surface area contributed by atoms with Gasteiger partial charge in [0.1, 0.15) is 0 Å². The van der Waals surface area contributed by atoms with Crippen LogP contribution in [0.25, 0.3) is 0 Å². The van der Waals surface area contributed by atoms with Crippen molar-refractivity contribution in [2.24, 2.45) is 0 Å². The molecule has 1 aliphatic carbocycles. The van der Waals surface area contributed by atoms with Gasteiger partial charge in [0.15, 0.2) is 11.6 Å². The highest BCUT2D eigenvalue weighted by Crippen LogP contribution is 2.04. The second-order valence-corrected chi connectivity index (χ2v) is 3.14. The lowest BCUT2D eigenvalue weighted by Gasteiger charge is -1.90. The number of carbonyl (C=O) groups excluding carboxylic acids is 2. The molecular weight excluding hydrogens is 204 g/mol. The molecule has 1 aliphatic rings. The fourth-order valence-corrected chi connectivity index (χ4v) is 0.936. The van der Waals surface area contributed by atoms with Gasteiger partial charge in [0.25, 0.3) is 0 Å². The average molecular weight is 216 g/mol. The number of anilines is 2. The number of hydrogen-bond acceptors (Lipinski definition) is 4. The zero-order valence-corrected chi connectivity index (χ0v) is 8.59. The van der Waals surface area contributed by atoms with Crippen molar-refractivity contribution in [3.05, 3.63) is 48.6 Å². The van der Waals surface area contributed by atoms with Gasteiger partial charge in [-0.2, -0.15) is 0 Å². The van der Waals surface area contributed by atoms with Crippen LogP contribution in [0.2, 0.25) is 0 Å². The highest BCUT2D eigenvalue weighted by atomic mass is 16.1. The molecule has 0 amide bonds. The van der Waals surface area contributed by atoms with Gasteiger partial charge < -0.3 is 11.5 Å². The molecule has 2 rings (SSSR count). The number of rotatable bonds is 0. The van der Waals surface area contributed by atoms with E-state index in [4.69, 9.17) is 11.5 Å². The van der Waals surface area contributed by atoms with Crippen LogP contribution in [0.15, 0.2) is 48.6 Å². The van der Waals surface area contributed by atoms with Gasteiger partial charge in [-0.25, -0.2) is 0 Å². The summed E-state index contributed by atoms with van der Waals surface area (Å²) in [6, 6.07) is 7.09. The Hall–Kier alpha value is -2.36. The van der Waals surface area contributed by atoms with E-state index < -0.39 is 0 Å². The normalized spacial score (nSPS) is 13.2. The molecule has 0 fully saturated rings. The van der Waals surface area contributed by atoms with E-state index in [9.17, 15) is 9.59 Å². The summed E-state index contributed by atoms with van der Waals surface area (Å²) in [7, 11) is 0. The van der Waals surface area contributed by atoms with Gasteiger partial charge in [0.05, 0.1) is 0 Å². The predicted molar refractivity (Wildman–Crippen MR) is 63.6 cm³/mol. The van der Waals surface area contributed by atoms with E-state index in [-0.39, 0.29) is 11.6 Å². The van der Waals surface area contributed by atoms with Crippen molar-refractivity contribution in [1.29, 1.82) is 0 Å². The SMILES string of the molecule is Nc1ccc(N)cc1.O=C1C=CC(=O)C=C1. The molecule has 1 aromatic rings. The molecule has 0 bridgehead atoms. The molecule has 0 aromatic heterocycles. The fraction of sp³-hybridized carbons (Fsp3) is 0. The van der Waals surface area contributed by atoms with Crippen molar-refractivity contribution in [3.63, 3.8) is 0 Å². The van der Waals surface area contributed by atoms with Gasteiger partial charge in [0, 0.05) is 11.4 Å². The van der Waals surface area contributed by atoms with Crippen LogP contribution in [0.5, 0.6) is 0 Å². The Morgan fingerprint density at radius 3 is 1.12 bits per heavy atom. The minimum absolute atomic E-state index is 0.121. The quantitative estimate of drug-likeness (QED) is 0.502. The largest absolute Gasteiger partial charge is 0.399 e. The van der Waals surface area contributed by atoms with Crippen LogP contribution in [-0.2, 0) is 9.59 Å². The molecular formula is C12H12N2O2. The molecule has 0 saturated carbocycles. The Balaban J connectivity index is 0.000000160. The van der Waals surface area contributed by atoms with Crippen molar-refractivity contribution in [2.45, 2.75) is 0 Å². The van der Waals surface area contributed by atoms with Crippen LogP contribution in [0.4, 0.5) is 11.4 Å². The number of ketones is 2. The number of benzene rings is 1. The van der Waals surface area contributed by atoms with Gasteiger partial charge >= 0.3 is 0 Å². The van der Waals surface area contributed by atoms with E-state index in [0.717, 1.165) is 11.4 Å². The summed E-state index contributed by atoms with van der Waals surface area (Å²) in [5.74, 6) is -0.241. The summed E-state index contributed by atoms with van der Waals surface area (Å²) >= 11 is 0. The first-order valence-electron chi connectivity index (χ1n) is 4.63. The lowest BCUT2D eigenvalue weighted by molar-refractivity contribution is -0.113. The maximum absolute atomic E-state index is 10.3. The standard InChI is InChI=1S/C6H8N2.C6H4O2/c2*7-5-1-2-6(8)4-3-5/h1-4H,7-8H2;1-4H. The van der Waals surface area contributed by atoms with E-state index in [1.54, 1.807) is 24.3 Å². The summed E-state index contributed by atoms with van der Waals surface area (Å²) in [6.45, 7) is 0. The third-order valence-electron chi connectivity index (χ3n) is 1.76. The Morgan fingerprint density at radius 2 is 0.875 bits per heavy atom. The molecule has 4 nitrogen and oxygen atoms in total. The molecule has 0 saturated heterocycles. The third-order valence-corrected chi connectivity index (χ3v) is 1.76. The first-order chi connectivity index (χ1) is 7.58. The number of hydrogen-bond donors (Lipinski definition) is 2. The smallest absolute Gasteiger partial charge is 0.178 e. The fourth-order valence-electron chi connectivity index (χ4n) is 0.936. The maximum Gasteiger partial charge on any atom is 0.178 e. The van der Waals surface area contributed by atoms with E-state index in [1.807, 2.05) is 0 Å². The van der Waals surface area contributed by atoms with E-state index in [0.29, 0.717) is 0 Å². The van der Waals surface area contributed by atoms with Crippen LogP contribution in [0, 0.1) is 0 Å². The summed E-state index contributed by atoms with van der Waals surface area (Å²) in [6.07, 6.45) is 5.01. The first kappa shape index (κ1) is 11.7. The van der Waals surface area contributed by atoms with Gasteiger partial charge in [-0.1, -0.05) is 0 Å². The lowest BCUT2D eigenvalue weighted by atomic mass is 10.2. The summed E-state index contributed by atoms with van der Waals surface area (Å²) in [5, 5.41) is 0. The second kappa shape index (κ2) is 5.50. The number of allylic oxidation sites excluding steroid dienone is 4. The van der Waals surface area contributed by atoms with Crippen LogP contribution in [0.1, 0.15) is 0 Å². The van der Waals surface area contributed by atoms with Crippen molar-refractivity contribution in [3.8, 4) is 0 Å². The van der Waals surface area contributed by atoms with Crippen LogP contribution in [0.3, 0.4) is 0 Å². The van der Waals surface area contributed by atoms with Crippen LogP contribution in [-0.4, -0.2) is 11.6 Å². The summed E-state index contributed by atoms with van der Waals surface area (Å²) in [5.41, 5.74) is 12.2. The maximum atomic E-state index is 10.3. The zero-order valence-electron chi connectivity index (χ0n) is 8.59. The lowest BCUT2D eigenvalue weighted by Crippen LogP contribution is -1.97. The topological polar surface area (TPSA) is 86.2 Å². The highest BCUT2D eigenvalue weighted by molar-refractivity contribution is 6.14. The molecule has 0 radical (unpaired) electrons. The molecule has 82 valence electrons. The number of nitrogen functional groups attached to an aromatic ring is 2. The molecule has 1 aromatic carbocycles.